The standard InChI is InChI=1S/C13H14ClFO2S/c1-9-10(3-2-4-11(9)15)13-5-12(6-13,7-13)8-18(14,16)17/h2-4H,5-8H2,1H3. The van der Waals surface area contributed by atoms with Crippen LogP contribution in [0.4, 0.5) is 4.39 Å². The van der Waals surface area contributed by atoms with Crippen LogP contribution in [0.1, 0.15) is 30.4 Å². The van der Waals surface area contributed by atoms with Crippen molar-refractivity contribution in [2.45, 2.75) is 31.6 Å². The van der Waals surface area contributed by atoms with Gasteiger partial charge in [-0.25, -0.2) is 12.8 Å². The van der Waals surface area contributed by atoms with Crippen LogP contribution >= 0.6 is 10.7 Å². The molecule has 0 heterocycles. The first-order valence-electron chi connectivity index (χ1n) is 5.93. The minimum atomic E-state index is -3.43. The lowest BCUT2D eigenvalue weighted by Crippen LogP contribution is -2.66. The molecule has 0 amide bonds. The van der Waals surface area contributed by atoms with E-state index in [0.717, 1.165) is 24.8 Å². The molecule has 0 aromatic heterocycles. The third-order valence-corrected chi connectivity index (χ3v) is 5.74. The number of benzene rings is 1. The van der Waals surface area contributed by atoms with Crippen molar-refractivity contribution in [2.75, 3.05) is 5.75 Å². The van der Waals surface area contributed by atoms with Gasteiger partial charge in [-0.15, -0.1) is 0 Å². The first-order chi connectivity index (χ1) is 8.25. The molecule has 0 N–H and O–H groups in total. The van der Waals surface area contributed by atoms with E-state index in [9.17, 15) is 12.8 Å². The quantitative estimate of drug-likeness (QED) is 0.801. The van der Waals surface area contributed by atoms with Crippen molar-refractivity contribution in [1.29, 1.82) is 0 Å². The van der Waals surface area contributed by atoms with E-state index in [1.54, 1.807) is 13.0 Å². The number of hydrogen-bond acceptors (Lipinski definition) is 2. The van der Waals surface area contributed by atoms with E-state index in [2.05, 4.69) is 0 Å². The Balaban J connectivity index is 1.82. The maximum Gasteiger partial charge on any atom is 0.233 e. The lowest BCUT2D eigenvalue weighted by atomic mass is 9.34. The predicted molar refractivity (Wildman–Crippen MR) is 68.7 cm³/mol. The van der Waals surface area contributed by atoms with Crippen molar-refractivity contribution in [2.24, 2.45) is 5.41 Å². The topological polar surface area (TPSA) is 34.1 Å². The average Bonchev–Trinajstić information content (AvgIpc) is 2.13. The summed E-state index contributed by atoms with van der Waals surface area (Å²) >= 11 is 0. The second-order valence-corrected chi connectivity index (χ2v) is 8.68. The Hall–Kier alpha value is -0.610. The van der Waals surface area contributed by atoms with E-state index in [4.69, 9.17) is 10.7 Å². The summed E-state index contributed by atoms with van der Waals surface area (Å²) < 4.78 is 35.8. The van der Waals surface area contributed by atoms with Crippen LogP contribution in [0, 0.1) is 18.2 Å². The van der Waals surface area contributed by atoms with Crippen LogP contribution in [0.15, 0.2) is 18.2 Å². The molecular formula is C13H14ClFO2S. The van der Waals surface area contributed by atoms with Crippen molar-refractivity contribution in [3.05, 3.63) is 35.1 Å². The molecule has 4 rings (SSSR count). The normalized spacial score (nSPS) is 33.7. The monoisotopic (exact) mass is 288 g/mol. The van der Waals surface area contributed by atoms with Gasteiger partial charge in [-0.3, -0.25) is 0 Å². The second-order valence-electron chi connectivity index (χ2n) is 5.91. The molecule has 1 aromatic rings. The zero-order chi connectivity index (χ0) is 13.2. The van der Waals surface area contributed by atoms with Gasteiger partial charge in [0.2, 0.25) is 9.05 Å². The molecule has 0 unspecified atom stereocenters. The van der Waals surface area contributed by atoms with Gasteiger partial charge in [0.25, 0.3) is 0 Å². The molecule has 0 saturated heterocycles. The molecule has 2 nitrogen and oxygen atoms in total. The molecule has 2 bridgehead atoms. The van der Waals surface area contributed by atoms with Crippen molar-refractivity contribution in [3.8, 4) is 0 Å². The highest BCUT2D eigenvalue weighted by Gasteiger charge is 2.69. The van der Waals surface area contributed by atoms with Crippen molar-refractivity contribution in [3.63, 3.8) is 0 Å². The summed E-state index contributed by atoms with van der Waals surface area (Å²) in [4.78, 5) is 0. The van der Waals surface area contributed by atoms with E-state index in [0.29, 0.717) is 5.56 Å². The van der Waals surface area contributed by atoms with Crippen LogP contribution in [-0.2, 0) is 14.5 Å². The van der Waals surface area contributed by atoms with E-state index in [1.807, 2.05) is 6.07 Å². The van der Waals surface area contributed by atoms with Crippen LogP contribution in [0.2, 0.25) is 0 Å². The van der Waals surface area contributed by atoms with Crippen molar-refractivity contribution >= 4 is 19.7 Å². The van der Waals surface area contributed by atoms with Gasteiger partial charge in [0.1, 0.15) is 5.82 Å². The molecule has 1 aromatic carbocycles. The number of hydrogen-bond donors (Lipinski definition) is 0. The molecule has 98 valence electrons. The van der Waals surface area contributed by atoms with Gasteiger partial charge in [0.05, 0.1) is 5.75 Å². The summed E-state index contributed by atoms with van der Waals surface area (Å²) in [5.41, 5.74) is 1.60. The van der Waals surface area contributed by atoms with Gasteiger partial charge < -0.3 is 0 Å². The maximum absolute atomic E-state index is 13.5. The molecule has 18 heavy (non-hydrogen) atoms. The van der Waals surface area contributed by atoms with Crippen LogP contribution in [0.25, 0.3) is 0 Å². The Bertz CT molecular complexity index is 604. The maximum atomic E-state index is 13.5. The molecule has 3 aliphatic carbocycles. The Morgan fingerprint density at radius 1 is 1.33 bits per heavy atom. The lowest BCUT2D eigenvalue weighted by Gasteiger charge is -2.71. The van der Waals surface area contributed by atoms with Gasteiger partial charge in [0, 0.05) is 10.7 Å². The summed E-state index contributed by atoms with van der Waals surface area (Å²) in [6.07, 6.45) is 2.45. The van der Waals surface area contributed by atoms with Gasteiger partial charge in [-0.2, -0.15) is 0 Å². The third-order valence-electron chi connectivity index (χ3n) is 4.46. The number of halogens is 2. The molecule has 5 heteroatoms. The van der Waals surface area contributed by atoms with Gasteiger partial charge in [-0.1, -0.05) is 12.1 Å². The first kappa shape index (κ1) is 12.4. The second kappa shape index (κ2) is 3.48. The smallest absolute Gasteiger partial charge is 0.212 e. The number of rotatable bonds is 3. The molecule has 3 saturated carbocycles. The molecule has 3 aliphatic rings. The fraction of sp³-hybridized carbons (Fsp3) is 0.538. The predicted octanol–water partition coefficient (Wildman–Crippen LogP) is 3.12. The fourth-order valence-corrected chi connectivity index (χ4v) is 5.72. The highest BCUT2D eigenvalue weighted by molar-refractivity contribution is 8.13. The molecule has 3 fully saturated rings. The Kier molecular flexibility index (Phi) is 2.40. The minimum Gasteiger partial charge on any atom is -0.212 e. The molecule has 0 radical (unpaired) electrons. The van der Waals surface area contributed by atoms with E-state index < -0.39 is 9.05 Å². The lowest BCUT2D eigenvalue weighted by molar-refractivity contribution is -0.122. The summed E-state index contributed by atoms with van der Waals surface area (Å²) in [6, 6.07) is 5.14. The van der Waals surface area contributed by atoms with Crippen LogP contribution in [0.3, 0.4) is 0 Å². The highest BCUT2D eigenvalue weighted by atomic mass is 35.7. The molecular weight excluding hydrogens is 275 g/mol. The highest BCUT2D eigenvalue weighted by Crippen LogP contribution is 2.74. The minimum absolute atomic E-state index is 0.00770. The Morgan fingerprint density at radius 2 is 1.94 bits per heavy atom. The third kappa shape index (κ3) is 1.69. The van der Waals surface area contributed by atoms with Crippen molar-refractivity contribution < 1.29 is 12.8 Å². The summed E-state index contributed by atoms with van der Waals surface area (Å²) in [6.45, 7) is 1.79. The van der Waals surface area contributed by atoms with E-state index >= 15 is 0 Å². The van der Waals surface area contributed by atoms with E-state index in [-0.39, 0.29) is 22.4 Å². The Labute approximate surface area is 111 Å². The SMILES string of the molecule is Cc1c(F)cccc1C12CC(CS(=O)(=O)Cl)(C1)C2. The first-order valence-corrected chi connectivity index (χ1v) is 8.41. The van der Waals surface area contributed by atoms with Crippen LogP contribution < -0.4 is 0 Å². The average molecular weight is 289 g/mol. The van der Waals surface area contributed by atoms with Crippen LogP contribution in [-0.4, -0.2) is 14.2 Å². The van der Waals surface area contributed by atoms with Gasteiger partial charge in [-0.05, 0) is 54.2 Å². The zero-order valence-electron chi connectivity index (χ0n) is 10.0. The van der Waals surface area contributed by atoms with Crippen LogP contribution in [0.5, 0.6) is 0 Å². The van der Waals surface area contributed by atoms with Crippen molar-refractivity contribution in [1.82, 2.24) is 0 Å². The molecule has 0 atom stereocenters. The Morgan fingerprint density at radius 3 is 2.50 bits per heavy atom. The molecule has 0 aliphatic heterocycles. The van der Waals surface area contributed by atoms with Gasteiger partial charge in [0.15, 0.2) is 0 Å². The summed E-state index contributed by atoms with van der Waals surface area (Å²) in [5, 5.41) is 0. The largest absolute Gasteiger partial charge is 0.233 e. The van der Waals surface area contributed by atoms with Gasteiger partial charge >= 0.3 is 0 Å². The molecule has 0 spiro atoms. The summed E-state index contributed by atoms with van der Waals surface area (Å²) in [7, 11) is 1.88. The summed E-state index contributed by atoms with van der Waals surface area (Å²) in [5.74, 6) is -0.131. The zero-order valence-corrected chi connectivity index (χ0v) is 11.6. The fourth-order valence-electron chi connectivity index (χ4n) is 3.98. The van der Waals surface area contributed by atoms with E-state index in [1.165, 1.54) is 6.07 Å².